The number of carbonyl (C=O) groups is 1. The van der Waals surface area contributed by atoms with Gasteiger partial charge in [-0.3, -0.25) is 4.79 Å². The van der Waals surface area contributed by atoms with E-state index >= 15 is 0 Å². The molecule has 0 saturated heterocycles. The molecule has 4 heteroatoms. The van der Waals surface area contributed by atoms with E-state index in [0.717, 1.165) is 17.0 Å². The second kappa shape index (κ2) is 7.86. The number of nitrogens with two attached hydrogens (primary N) is 1. The molecule has 0 unspecified atom stereocenters. The van der Waals surface area contributed by atoms with E-state index in [1.807, 2.05) is 60.9 Å². The summed E-state index contributed by atoms with van der Waals surface area (Å²) in [6.45, 7) is 0. The predicted molar refractivity (Wildman–Crippen MR) is 89.6 cm³/mol. The summed E-state index contributed by atoms with van der Waals surface area (Å²) in [6, 6.07) is 17.3. The van der Waals surface area contributed by atoms with Gasteiger partial charge in [-0.15, -0.1) is 11.8 Å². The van der Waals surface area contributed by atoms with Gasteiger partial charge in [-0.2, -0.15) is 0 Å². The second-order valence-electron chi connectivity index (χ2n) is 4.85. The molecule has 1 amide bonds. The number of amides is 1. The second-order valence-corrected chi connectivity index (χ2v) is 5.73. The molecular weight excluding hydrogens is 280 g/mol. The first-order chi connectivity index (χ1) is 10.2. The Kier molecular flexibility index (Phi) is 5.84. The highest BCUT2D eigenvalue weighted by molar-refractivity contribution is 7.98. The summed E-state index contributed by atoms with van der Waals surface area (Å²) in [7, 11) is 0. The van der Waals surface area contributed by atoms with Crippen molar-refractivity contribution in [1.82, 2.24) is 0 Å². The Morgan fingerprint density at radius 3 is 2.67 bits per heavy atom. The molecular formula is C17H20N2OS. The van der Waals surface area contributed by atoms with Crippen molar-refractivity contribution in [2.24, 2.45) is 5.73 Å². The molecule has 3 nitrogen and oxygen atoms in total. The molecule has 0 spiro atoms. The van der Waals surface area contributed by atoms with Gasteiger partial charge in [-0.1, -0.05) is 36.4 Å². The molecule has 2 aromatic rings. The number of anilines is 1. The van der Waals surface area contributed by atoms with E-state index in [2.05, 4.69) is 5.32 Å². The van der Waals surface area contributed by atoms with Crippen LogP contribution in [0.5, 0.6) is 0 Å². The SMILES string of the molecule is CSc1cccc(NC(=O)[C@@H](N)CCc2ccccc2)c1. The summed E-state index contributed by atoms with van der Waals surface area (Å²) in [5.74, 6) is -0.135. The van der Waals surface area contributed by atoms with Crippen LogP contribution in [0.2, 0.25) is 0 Å². The monoisotopic (exact) mass is 300 g/mol. The molecule has 0 fully saturated rings. The number of carbonyl (C=O) groups excluding carboxylic acids is 1. The van der Waals surface area contributed by atoms with Crippen LogP contribution in [0.3, 0.4) is 0 Å². The molecule has 0 heterocycles. The van der Waals surface area contributed by atoms with Crippen molar-refractivity contribution in [3.63, 3.8) is 0 Å². The molecule has 0 bridgehead atoms. The number of aryl methyl sites for hydroxylation is 1. The number of benzene rings is 2. The van der Waals surface area contributed by atoms with Gasteiger partial charge >= 0.3 is 0 Å². The van der Waals surface area contributed by atoms with E-state index in [1.165, 1.54) is 5.56 Å². The molecule has 110 valence electrons. The lowest BCUT2D eigenvalue weighted by Crippen LogP contribution is -2.36. The zero-order valence-corrected chi connectivity index (χ0v) is 12.9. The van der Waals surface area contributed by atoms with Crippen molar-refractivity contribution >= 4 is 23.4 Å². The Morgan fingerprint density at radius 2 is 1.95 bits per heavy atom. The topological polar surface area (TPSA) is 55.1 Å². The zero-order chi connectivity index (χ0) is 15.1. The maximum atomic E-state index is 12.1. The van der Waals surface area contributed by atoms with Crippen LogP contribution in [0.15, 0.2) is 59.5 Å². The average molecular weight is 300 g/mol. The number of hydrogen-bond acceptors (Lipinski definition) is 3. The summed E-state index contributed by atoms with van der Waals surface area (Å²) in [4.78, 5) is 13.2. The Hall–Kier alpha value is -1.78. The van der Waals surface area contributed by atoms with Crippen molar-refractivity contribution < 1.29 is 4.79 Å². The molecule has 21 heavy (non-hydrogen) atoms. The van der Waals surface area contributed by atoms with E-state index in [4.69, 9.17) is 5.73 Å². The van der Waals surface area contributed by atoms with Crippen LogP contribution in [0.25, 0.3) is 0 Å². The Bertz CT molecular complexity index is 586. The van der Waals surface area contributed by atoms with Crippen LogP contribution in [-0.2, 0) is 11.2 Å². The lowest BCUT2D eigenvalue weighted by atomic mass is 10.1. The first-order valence-corrected chi connectivity index (χ1v) is 8.16. The molecule has 0 aliphatic rings. The number of nitrogens with one attached hydrogen (secondary N) is 1. The summed E-state index contributed by atoms with van der Waals surface area (Å²) in [5, 5.41) is 2.88. The van der Waals surface area contributed by atoms with Gasteiger partial charge < -0.3 is 11.1 Å². The van der Waals surface area contributed by atoms with E-state index in [1.54, 1.807) is 11.8 Å². The third-order valence-electron chi connectivity index (χ3n) is 3.26. The lowest BCUT2D eigenvalue weighted by Gasteiger charge is -2.12. The van der Waals surface area contributed by atoms with Gasteiger partial charge in [-0.25, -0.2) is 0 Å². The van der Waals surface area contributed by atoms with Crippen LogP contribution >= 0.6 is 11.8 Å². The zero-order valence-electron chi connectivity index (χ0n) is 12.1. The molecule has 0 radical (unpaired) electrons. The largest absolute Gasteiger partial charge is 0.325 e. The Balaban J connectivity index is 1.87. The van der Waals surface area contributed by atoms with Gasteiger partial charge in [0, 0.05) is 10.6 Å². The number of rotatable bonds is 6. The van der Waals surface area contributed by atoms with Gasteiger partial charge in [0.15, 0.2) is 0 Å². The van der Waals surface area contributed by atoms with Gasteiger partial charge in [0.2, 0.25) is 5.91 Å². The van der Waals surface area contributed by atoms with E-state index in [-0.39, 0.29) is 5.91 Å². The van der Waals surface area contributed by atoms with E-state index in [0.29, 0.717) is 6.42 Å². The third kappa shape index (κ3) is 4.92. The first-order valence-electron chi connectivity index (χ1n) is 6.93. The quantitative estimate of drug-likeness (QED) is 0.805. The minimum atomic E-state index is -0.497. The standard InChI is InChI=1S/C17H20N2OS/c1-21-15-9-5-8-14(12-15)19-17(20)16(18)11-10-13-6-3-2-4-7-13/h2-9,12,16H,10-11,18H2,1H3,(H,19,20)/t16-/m0/s1. The van der Waals surface area contributed by atoms with Crippen LogP contribution in [0.1, 0.15) is 12.0 Å². The first kappa shape index (κ1) is 15.6. The van der Waals surface area contributed by atoms with Gasteiger partial charge in [-0.05, 0) is 42.9 Å². The molecule has 3 N–H and O–H groups in total. The molecule has 2 aromatic carbocycles. The lowest BCUT2D eigenvalue weighted by molar-refractivity contribution is -0.117. The number of thioether (sulfide) groups is 1. The molecule has 0 aliphatic heterocycles. The maximum Gasteiger partial charge on any atom is 0.241 e. The molecule has 0 saturated carbocycles. The summed E-state index contributed by atoms with van der Waals surface area (Å²) >= 11 is 1.64. The highest BCUT2D eigenvalue weighted by Gasteiger charge is 2.13. The molecule has 1 atom stereocenters. The highest BCUT2D eigenvalue weighted by atomic mass is 32.2. The molecule has 2 rings (SSSR count). The fourth-order valence-electron chi connectivity index (χ4n) is 2.03. The minimum absolute atomic E-state index is 0.135. The Morgan fingerprint density at radius 1 is 1.19 bits per heavy atom. The predicted octanol–water partition coefficient (Wildman–Crippen LogP) is 3.31. The van der Waals surface area contributed by atoms with Crippen LogP contribution in [0, 0.1) is 0 Å². The summed E-state index contributed by atoms with van der Waals surface area (Å²) in [5.41, 5.74) is 7.96. The smallest absolute Gasteiger partial charge is 0.241 e. The van der Waals surface area contributed by atoms with Gasteiger partial charge in [0.25, 0.3) is 0 Å². The highest BCUT2D eigenvalue weighted by Crippen LogP contribution is 2.19. The van der Waals surface area contributed by atoms with Crippen molar-refractivity contribution in [2.75, 3.05) is 11.6 Å². The van der Waals surface area contributed by atoms with Gasteiger partial charge in [0.1, 0.15) is 0 Å². The third-order valence-corrected chi connectivity index (χ3v) is 3.99. The fourth-order valence-corrected chi connectivity index (χ4v) is 2.49. The van der Waals surface area contributed by atoms with Crippen molar-refractivity contribution in [3.8, 4) is 0 Å². The summed E-state index contributed by atoms with van der Waals surface area (Å²) in [6.07, 6.45) is 3.45. The van der Waals surface area contributed by atoms with Crippen LogP contribution in [-0.4, -0.2) is 18.2 Å². The normalized spacial score (nSPS) is 11.9. The Labute approximate surface area is 129 Å². The van der Waals surface area contributed by atoms with Crippen LogP contribution in [0.4, 0.5) is 5.69 Å². The van der Waals surface area contributed by atoms with Crippen molar-refractivity contribution in [2.45, 2.75) is 23.8 Å². The van der Waals surface area contributed by atoms with Crippen molar-refractivity contribution in [3.05, 3.63) is 60.2 Å². The van der Waals surface area contributed by atoms with Crippen LogP contribution < -0.4 is 11.1 Å². The van der Waals surface area contributed by atoms with Gasteiger partial charge in [0.05, 0.1) is 6.04 Å². The summed E-state index contributed by atoms with van der Waals surface area (Å²) < 4.78 is 0. The fraction of sp³-hybridized carbons (Fsp3) is 0.235. The van der Waals surface area contributed by atoms with Crippen molar-refractivity contribution in [1.29, 1.82) is 0 Å². The van der Waals surface area contributed by atoms with E-state index < -0.39 is 6.04 Å². The minimum Gasteiger partial charge on any atom is -0.325 e. The number of hydrogen-bond donors (Lipinski definition) is 2. The molecule has 0 aliphatic carbocycles. The average Bonchev–Trinajstić information content (AvgIpc) is 2.53. The van der Waals surface area contributed by atoms with E-state index in [9.17, 15) is 4.79 Å². The maximum absolute atomic E-state index is 12.1. The molecule has 0 aromatic heterocycles.